The summed E-state index contributed by atoms with van der Waals surface area (Å²) >= 11 is 20.5. The minimum atomic E-state index is -0.901. The van der Waals surface area contributed by atoms with E-state index in [4.69, 9.17) is 35.4 Å². The van der Waals surface area contributed by atoms with Gasteiger partial charge in [-0.25, -0.2) is 9.69 Å². The van der Waals surface area contributed by atoms with Crippen LogP contribution in [-0.4, -0.2) is 26.2 Å². The Morgan fingerprint density at radius 2 is 1.63 bits per heavy atom. The number of para-hydroxylation sites is 2. The van der Waals surface area contributed by atoms with Crippen molar-refractivity contribution in [2.24, 2.45) is 0 Å². The second kappa shape index (κ2) is 8.41. The Balaban J connectivity index is 1.46. The Morgan fingerprint density at radius 1 is 1.03 bits per heavy atom. The van der Waals surface area contributed by atoms with Gasteiger partial charge in [-0.05, 0) is 49.5 Å². The molecule has 6 nitrogen and oxygen atoms in total. The van der Waals surface area contributed by atoms with Crippen molar-refractivity contribution in [3.63, 3.8) is 0 Å². The van der Waals surface area contributed by atoms with E-state index in [1.54, 1.807) is 27.5 Å². The minimum Gasteiger partial charge on any atom is -0.332 e. The first kappa shape index (κ1) is 22.7. The number of rotatable bonds is 4. The van der Waals surface area contributed by atoms with Gasteiger partial charge in [-0.2, -0.15) is 5.10 Å². The summed E-state index contributed by atoms with van der Waals surface area (Å²) in [4.78, 5) is 17.7. The standard InChI is InChI=1S/C25H19Cl2N5OS2/c1-25(15-8-2-3-9-16(15)26)22(27)23(33)32(25)31-21(28-29-24(31)34)14-30-17-10-4-6-12-19(17)35-20-13-7-5-11-18(20)30/h2-13,22H,14H2,1H3,(H,29,34). The molecule has 0 spiro atoms. The molecule has 0 aliphatic carbocycles. The van der Waals surface area contributed by atoms with Crippen LogP contribution < -0.4 is 9.91 Å². The molecule has 35 heavy (non-hydrogen) atoms. The average molecular weight is 541 g/mol. The number of alkyl halides is 1. The number of fused-ring (bicyclic) bond motifs is 2. The smallest absolute Gasteiger partial charge is 0.263 e. The number of nitrogens with zero attached hydrogens (tertiary/aromatic N) is 4. The number of aromatic amines is 1. The van der Waals surface area contributed by atoms with Gasteiger partial charge in [0.1, 0.15) is 10.9 Å². The van der Waals surface area contributed by atoms with Crippen LogP contribution in [0.2, 0.25) is 5.02 Å². The van der Waals surface area contributed by atoms with Crippen LogP contribution in [0.25, 0.3) is 0 Å². The number of amides is 1. The fourth-order valence-electron chi connectivity index (χ4n) is 4.77. The lowest BCUT2D eigenvalue weighted by Gasteiger charge is -2.53. The Bertz CT molecular complexity index is 1490. The number of hydrogen-bond donors (Lipinski definition) is 1. The molecular formula is C25H19Cl2N5OS2. The largest absolute Gasteiger partial charge is 0.332 e. The normalized spacial score (nSPS) is 20.9. The van der Waals surface area contributed by atoms with Gasteiger partial charge in [-0.15, -0.1) is 11.6 Å². The summed E-state index contributed by atoms with van der Waals surface area (Å²) in [6, 6.07) is 23.9. The first-order chi connectivity index (χ1) is 16.9. The highest BCUT2D eigenvalue weighted by Gasteiger charge is 2.60. The Hall–Kier alpha value is -2.78. The van der Waals surface area contributed by atoms with Crippen molar-refractivity contribution in [2.75, 3.05) is 9.91 Å². The van der Waals surface area contributed by atoms with Gasteiger partial charge in [-0.3, -0.25) is 9.89 Å². The third-order valence-corrected chi connectivity index (χ3v) is 8.86. The maximum atomic E-state index is 13.2. The fraction of sp³-hybridized carbons (Fsp3) is 0.160. The lowest BCUT2D eigenvalue weighted by molar-refractivity contribution is -0.129. The molecule has 2 unspecified atom stereocenters. The molecule has 2 atom stereocenters. The van der Waals surface area contributed by atoms with Gasteiger partial charge in [0.25, 0.3) is 5.91 Å². The van der Waals surface area contributed by atoms with Gasteiger partial charge >= 0.3 is 0 Å². The van der Waals surface area contributed by atoms with E-state index in [0.29, 0.717) is 22.2 Å². The number of nitrogens with one attached hydrogen (secondary N) is 1. The molecule has 1 saturated heterocycles. The van der Waals surface area contributed by atoms with Crippen molar-refractivity contribution in [1.29, 1.82) is 0 Å². The van der Waals surface area contributed by atoms with Gasteiger partial charge in [-0.1, -0.05) is 65.8 Å². The summed E-state index contributed by atoms with van der Waals surface area (Å²) in [5.74, 6) is 0.324. The molecule has 1 N–H and O–H groups in total. The van der Waals surface area contributed by atoms with E-state index < -0.39 is 10.9 Å². The quantitative estimate of drug-likeness (QED) is 0.185. The SMILES string of the molecule is CC1(c2ccccc2Cl)C(Cl)C(=O)N1n1c(CN2c3ccccc3Sc3ccccc32)n[nH]c1=S. The molecule has 0 bridgehead atoms. The molecule has 1 aromatic heterocycles. The molecule has 4 aromatic rings. The minimum absolute atomic E-state index is 0.261. The predicted octanol–water partition coefficient (Wildman–Crippen LogP) is 6.40. The van der Waals surface area contributed by atoms with Gasteiger partial charge in [0, 0.05) is 20.4 Å². The fourth-order valence-corrected chi connectivity index (χ4v) is 6.73. The van der Waals surface area contributed by atoms with Crippen LogP contribution in [0, 0.1) is 4.77 Å². The molecule has 1 fully saturated rings. The zero-order chi connectivity index (χ0) is 24.3. The molecule has 0 radical (unpaired) electrons. The molecule has 6 rings (SSSR count). The number of hydrogen-bond acceptors (Lipinski definition) is 5. The van der Waals surface area contributed by atoms with Crippen molar-refractivity contribution in [3.8, 4) is 0 Å². The summed E-state index contributed by atoms with van der Waals surface area (Å²) in [6.07, 6.45) is 0. The van der Waals surface area contributed by atoms with E-state index >= 15 is 0 Å². The van der Waals surface area contributed by atoms with Crippen molar-refractivity contribution in [3.05, 3.63) is 94.0 Å². The molecule has 1 amide bonds. The second-order valence-electron chi connectivity index (χ2n) is 8.52. The van der Waals surface area contributed by atoms with E-state index in [1.807, 2.05) is 49.4 Å². The van der Waals surface area contributed by atoms with Gasteiger partial charge in [0.05, 0.1) is 17.9 Å². The second-order valence-corrected chi connectivity index (χ2v) is 10.8. The van der Waals surface area contributed by atoms with Crippen LogP contribution in [0.4, 0.5) is 11.4 Å². The van der Waals surface area contributed by atoms with Gasteiger partial charge in [0.15, 0.2) is 5.82 Å². The number of H-pyrrole nitrogens is 1. The predicted molar refractivity (Wildman–Crippen MR) is 142 cm³/mol. The first-order valence-electron chi connectivity index (χ1n) is 10.9. The van der Waals surface area contributed by atoms with Crippen LogP contribution in [0.1, 0.15) is 18.3 Å². The van der Waals surface area contributed by atoms with Crippen molar-refractivity contribution in [2.45, 2.75) is 34.2 Å². The maximum Gasteiger partial charge on any atom is 0.263 e. The van der Waals surface area contributed by atoms with Crippen LogP contribution in [0.15, 0.2) is 82.6 Å². The summed E-state index contributed by atoms with van der Waals surface area (Å²) in [5, 5.41) is 8.72. The summed E-state index contributed by atoms with van der Waals surface area (Å²) in [5.41, 5.74) is 1.98. The topological polar surface area (TPSA) is 57.2 Å². The number of anilines is 2. The monoisotopic (exact) mass is 539 g/mol. The van der Waals surface area contributed by atoms with E-state index in [9.17, 15) is 4.79 Å². The maximum absolute atomic E-state index is 13.2. The number of aromatic nitrogens is 3. The van der Waals surface area contributed by atoms with Crippen LogP contribution in [0.3, 0.4) is 0 Å². The lowest BCUT2D eigenvalue weighted by Crippen LogP contribution is -2.73. The number of benzene rings is 3. The third-order valence-electron chi connectivity index (χ3n) is 6.53. The average Bonchev–Trinajstić information content (AvgIpc) is 3.22. The molecule has 10 heteroatoms. The summed E-state index contributed by atoms with van der Waals surface area (Å²) < 4.78 is 1.97. The zero-order valence-electron chi connectivity index (χ0n) is 18.5. The van der Waals surface area contributed by atoms with Gasteiger partial charge in [0.2, 0.25) is 4.77 Å². The van der Waals surface area contributed by atoms with Crippen LogP contribution >= 0.6 is 47.2 Å². The highest BCUT2D eigenvalue weighted by atomic mass is 35.5. The van der Waals surface area contributed by atoms with Crippen molar-refractivity contribution < 1.29 is 4.79 Å². The Labute approximate surface area is 221 Å². The highest BCUT2D eigenvalue weighted by molar-refractivity contribution is 7.99. The summed E-state index contributed by atoms with van der Waals surface area (Å²) in [6.45, 7) is 2.28. The molecule has 0 saturated carbocycles. The molecule has 176 valence electrons. The Kier molecular flexibility index (Phi) is 5.45. The molecule has 2 aliphatic rings. The zero-order valence-corrected chi connectivity index (χ0v) is 21.6. The van der Waals surface area contributed by atoms with Gasteiger partial charge < -0.3 is 4.90 Å². The number of carbonyl (C=O) groups excluding carboxylic acids is 1. The number of halogens is 2. The Morgan fingerprint density at radius 3 is 2.29 bits per heavy atom. The first-order valence-corrected chi connectivity index (χ1v) is 13.0. The van der Waals surface area contributed by atoms with Crippen molar-refractivity contribution >= 4 is 64.5 Å². The van der Waals surface area contributed by atoms with E-state index in [2.05, 4.69) is 39.4 Å². The molecular weight excluding hydrogens is 521 g/mol. The molecule has 3 heterocycles. The van der Waals surface area contributed by atoms with E-state index in [-0.39, 0.29) is 5.91 Å². The summed E-state index contributed by atoms with van der Waals surface area (Å²) in [7, 11) is 0. The molecule has 2 aliphatic heterocycles. The van der Waals surface area contributed by atoms with Crippen LogP contribution in [0.5, 0.6) is 0 Å². The van der Waals surface area contributed by atoms with Crippen molar-refractivity contribution in [1.82, 2.24) is 14.9 Å². The van der Waals surface area contributed by atoms with Crippen LogP contribution in [-0.2, 0) is 16.9 Å². The number of β-lactam (4-membered cyclic amide) rings is 1. The van der Waals surface area contributed by atoms with E-state index in [1.165, 1.54) is 0 Å². The lowest BCUT2D eigenvalue weighted by atomic mass is 9.80. The third kappa shape index (κ3) is 3.35. The number of carbonyl (C=O) groups is 1. The molecule has 3 aromatic carbocycles. The van der Waals surface area contributed by atoms with E-state index in [0.717, 1.165) is 26.7 Å². The highest BCUT2D eigenvalue weighted by Crippen LogP contribution is 2.49.